The van der Waals surface area contributed by atoms with Crippen LogP contribution in [0.25, 0.3) is 0 Å². The predicted molar refractivity (Wildman–Crippen MR) is 94.3 cm³/mol. The van der Waals surface area contributed by atoms with Crippen molar-refractivity contribution in [2.24, 2.45) is 11.7 Å². The van der Waals surface area contributed by atoms with E-state index >= 15 is 0 Å². The van der Waals surface area contributed by atoms with Crippen LogP contribution in [0.3, 0.4) is 0 Å². The van der Waals surface area contributed by atoms with Crippen LogP contribution >= 0.6 is 11.8 Å². The van der Waals surface area contributed by atoms with E-state index < -0.39 is 23.7 Å². The summed E-state index contributed by atoms with van der Waals surface area (Å²) in [7, 11) is 0. The number of nitrogens with one attached hydrogen (secondary N) is 1. The summed E-state index contributed by atoms with van der Waals surface area (Å²) in [6, 6.07) is 8.78. The van der Waals surface area contributed by atoms with E-state index in [1.54, 1.807) is 13.8 Å². The summed E-state index contributed by atoms with van der Waals surface area (Å²) < 4.78 is 0. The molecular formula is C17H22N2O4S. The second-order valence-corrected chi connectivity index (χ2v) is 6.54. The van der Waals surface area contributed by atoms with Gasteiger partial charge in [-0.05, 0) is 11.5 Å². The number of carboxylic acids is 1. The Morgan fingerprint density at radius 1 is 1.25 bits per heavy atom. The molecule has 0 saturated carbocycles. The molecule has 1 atom stereocenters. The highest BCUT2D eigenvalue weighted by Gasteiger charge is 2.21. The number of Topliss-reactive ketones (excluding diaryl/α,β-unsaturated/α-hetero) is 1. The van der Waals surface area contributed by atoms with Crippen LogP contribution in [0, 0.1) is 5.92 Å². The van der Waals surface area contributed by atoms with Gasteiger partial charge in [0.1, 0.15) is 0 Å². The molecule has 0 radical (unpaired) electrons. The normalized spacial score (nSPS) is 12.8. The quantitative estimate of drug-likeness (QED) is 0.583. The van der Waals surface area contributed by atoms with E-state index in [4.69, 9.17) is 10.8 Å². The number of carbonyl (C=O) groups excluding carboxylic acids is 2. The molecule has 0 bridgehead atoms. The highest BCUT2D eigenvalue weighted by Crippen LogP contribution is 2.13. The van der Waals surface area contributed by atoms with E-state index in [1.807, 2.05) is 30.3 Å². The maximum Gasteiger partial charge on any atom is 0.330 e. The summed E-state index contributed by atoms with van der Waals surface area (Å²) in [6.07, 6.45) is 0.705. The maximum absolute atomic E-state index is 12.2. The summed E-state index contributed by atoms with van der Waals surface area (Å²) in [5, 5.41) is 11.2. The Kier molecular flexibility index (Phi) is 8.21. The Labute approximate surface area is 145 Å². The highest BCUT2D eigenvalue weighted by atomic mass is 32.2. The number of hydrogen-bond donors (Lipinski definition) is 3. The van der Waals surface area contributed by atoms with Crippen molar-refractivity contribution in [2.45, 2.75) is 25.6 Å². The third kappa shape index (κ3) is 6.97. The molecule has 1 amide bonds. The molecule has 6 nitrogen and oxygen atoms in total. The Bertz CT molecular complexity index is 614. The van der Waals surface area contributed by atoms with Crippen LogP contribution in [0.5, 0.6) is 0 Å². The first kappa shape index (κ1) is 19.9. The second kappa shape index (κ2) is 9.89. The van der Waals surface area contributed by atoms with Gasteiger partial charge >= 0.3 is 5.97 Å². The smallest absolute Gasteiger partial charge is 0.330 e. The monoisotopic (exact) mass is 350 g/mol. The van der Waals surface area contributed by atoms with Gasteiger partial charge in [0.15, 0.2) is 5.78 Å². The molecule has 0 unspecified atom stereocenters. The molecule has 1 rings (SSSR count). The van der Waals surface area contributed by atoms with Crippen molar-refractivity contribution in [3.63, 3.8) is 0 Å². The molecule has 1 aromatic rings. The molecule has 4 N–H and O–H groups in total. The van der Waals surface area contributed by atoms with E-state index in [2.05, 4.69) is 5.32 Å². The van der Waals surface area contributed by atoms with Crippen LogP contribution in [0.2, 0.25) is 0 Å². The van der Waals surface area contributed by atoms with Gasteiger partial charge in [0.05, 0.1) is 23.6 Å². The molecule has 0 saturated heterocycles. The summed E-state index contributed by atoms with van der Waals surface area (Å²) in [5.74, 6) is -1.78. The zero-order chi connectivity index (χ0) is 18.1. The Hall–Kier alpha value is -2.12. The lowest BCUT2D eigenvalue weighted by Gasteiger charge is -2.16. The fourth-order valence-electron chi connectivity index (χ4n) is 1.74. The first-order valence-electron chi connectivity index (χ1n) is 7.47. The number of carbonyl (C=O) groups is 3. The summed E-state index contributed by atoms with van der Waals surface area (Å²) >= 11 is 1.35. The van der Waals surface area contributed by atoms with Crippen LogP contribution in [0.1, 0.15) is 19.4 Å². The van der Waals surface area contributed by atoms with Crippen molar-refractivity contribution in [1.29, 1.82) is 0 Å². The minimum Gasteiger partial charge on any atom is -0.478 e. The van der Waals surface area contributed by atoms with Crippen LogP contribution in [-0.4, -0.2) is 34.6 Å². The standard InChI is InChI=1S/C17H22N2O4S/c1-11(2)16(18)17(23)19-13(8-15(21)22)14(20)10-24-9-12-6-4-3-5-7-12/h3-8,11,16H,9-10,18H2,1-2H3,(H,19,23)(H,21,22)/b13-8+/t16-/m0/s1. The number of hydrogen-bond acceptors (Lipinski definition) is 5. The Balaban J connectivity index is 2.65. The van der Waals surface area contributed by atoms with E-state index in [1.165, 1.54) is 11.8 Å². The molecule has 0 heterocycles. The molecule has 0 spiro atoms. The summed E-state index contributed by atoms with van der Waals surface area (Å²) in [6.45, 7) is 3.53. The number of ketones is 1. The Morgan fingerprint density at radius 2 is 1.88 bits per heavy atom. The fraction of sp³-hybridized carbons (Fsp3) is 0.353. The third-order valence-electron chi connectivity index (χ3n) is 3.19. The van der Waals surface area contributed by atoms with Gasteiger partial charge in [-0.1, -0.05) is 44.2 Å². The Morgan fingerprint density at radius 3 is 2.42 bits per heavy atom. The van der Waals surface area contributed by atoms with E-state index in [9.17, 15) is 14.4 Å². The van der Waals surface area contributed by atoms with Crippen molar-refractivity contribution in [1.82, 2.24) is 5.32 Å². The predicted octanol–water partition coefficient (Wildman–Crippen LogP) is 1.56. The molecular weight excluding hydrogens is 328 g/mol. The molecule has 130 valence electrons. The van der Waals surface area contributed by atoms with Crippen molar-refractivity contribution < 1.29 is 19.5 Å². The summed E-state index contributed by atoms with van der Waals surface area (Å²) in [4.78, 5) is 35.0. The first-order valence-corrected chi connectivity index (χ1v) is 8.62. The minimum absolute atomic E-state index is 0.0607. The molecule has 24 heavy (non-hydrogen) atoms. The van der Waals surface area contributed by atoms with E-state index in [0.717, 1.165) is 5.56 Å². The molecule has 0 aliphatic carbocycles. The van der Waals surface area contributed by atoms with Gasteiger partial charge in [-0.3, -0.25) is 9.59 Å². The van der Waals surface area contributed by atoms with Crippen LogP contribution in [-0.2, 0) is 20.1 Å². The van der Waals surface area contributed by atoms with Gasteiger partial charge in [0.25, 0.3) is 0 Å². The summed E-state index contributed by atoms with van der Waals surface area (Å²) in [5.41, 5.74) is 6.53. The largest absolute Gasteiger partial charge is 0.478 e. The number of rotatable bonds is 9. The zero-order valence-corrected chi connectivity index (χ0v) is 14.5. The lowest BCUT2D eigenvalue weighted by molar-refractivity contribution is -0.131. The number of benzene rings is 1. The lowest BCUT2D eigenvalue weighted by atomic mass is 10.0. The number of amides is 1. The fourth-order valence-corrected chi connectivity index (χ4v) is 2.61. The molecule has 7 heteroatoms. The van der Waals surface area contributed by atoms with Gasteiger partial charge in [0, 0.05) is 5.75 Å². The van der Waals surface area contributed by atoms with Crippen LogP contribution < -0.4 is 11.1 Å². The number of aliphatic carboxylic acids is 1. The van der Waals surface area contributed by atoms with Crippen molar-refractivity contribution >= 4 is 29.4 Å². The zero-order valence-electron chi connectivity index (χ0n) is 13.7. The van der Waals surface area contributed by atoms with Gasteiger partial charge < -0.3 is 16.2 Å². The minimum atomic E-state index is -1.30. The van der Waals surface area contributed by atoms with Gasteiger partial charge in [-0.15, -0.1) is 11.8 Å². The lowest BCUT2D eigenvalue weighted by Crippen LogP contribution is -2.45. The number of nitrogens with two attached hydrogens (primary N) is 1. The van der Waals surface area contributed by atoms with Gasteiger partial charge in [-0.25, -0.2) is 4.79 Å². The van der Waals surface area contributed by atoms with E-state index in [0.29, 0.717) is 11.8 Å². The topological polar surface area (TPSA) is 109 Å². The van der Waals surface area contributed by atoms with Crippen molar-refractivity contribution in [2.75, 3.05) is 5.75 Å². The average molecular weight is 350 g/mol. The molecule has 0 fully saturated rings. The van der Waals surface area contributed by atoms with E-state index in [-0.39, 0.29) is 17.4 Å². The molecule has 0 aliphatic heterocycles. The SMILES string of the molecule is CC(C)[C@H](N)C(=O)N/C(=C/C(=O)O)C(=O)CSCc1ccccc1. The second-order valence-electron chi connectivity index (χ2n) is 5.56. The van der Waals surface area contributed by atoms with Crippen LogP contribution in [0.4, 0.5) is 0 Å². The van der Waals surface area contributed by atoms with Crippen LogP contribution in [0.15, 0.2) is 42.1 Å². The van der Waals surface area contributed by atoms with Gasteiger partial charge in [0.2, 0.25) is 5.91 Å². The molecule has 1 aromatic carbocycles. The van der Waals surface area contributed by atoms with Crippen molar-refractivity contribution in [3.8, 4) is 0 Å². The molecule has 0 aromatic heterocycles. The third-order valence-corrected chi connectivity index (χ3v) is 4.20. The highest BCUT2D eigenvalue weighted by molar-refractivity contribution is 7.99. The molecule has 0 aliphatic rings. The van der Waals surface area contributed by atoms with Crippen molar-refractivity contribution in [3.05, 3.63) is 47.7 Å². The average Bonchev–Trinajstić information content (AvgIpc) is 2.53. The van der Waals surface area contributed by atoms with Gasteiger partial charge in [-0.2, -0.15) is 0 Å². The number of thioether (sulfide) groups is 1. The maximum atomic E-state index is 12.2. The number of allylic oxidation sites excluding steroid dienone is 1. The number of carboxylic acid groups (broad SMARTS) is 1. The first-order chi connectivity index (χ1) is 11.3.